The summed E-state index contributed by atoms with van der Waals surface area (Å²) >= 11 is 0. The van der Waals surface area contributed by atoms with Crippen molar-refractivity contribution < 1.29 is 182 Å². The lowest BCUT2D eigenvalue weighted by atomic mass is 9.79. The Balaban J connectivity index is 0.629. The van der Waals surface area contributed by atoms with Gasteiger partial charge in [0.05, 0.1) is 110 Å². The van der Waals surface area contributed by atoms with Crippen LogP contribution >= 0.6 is 62.6 Å². The highest BCUT2D eigenvalue weighted by molar-refractivity contribution is 7.72. The number of aryl methyl sites for hydroxylation is 2. The Morgan fingerprint density at radius 3 is 1.48 bits per heavy atom. The number of phosphoric acid groups is 8. The topological polar surface area (TPSA) is 707 Å². The van der Waals surface area contributed by atoms with E-state index in [0.717, 1.165) is 44.3 Å². The first-order valence-electron chi connectivity index (χ1n) is 36.5. The van der Waals surface area contributed by atoms with Gasteiger partial charge in [0.1, 0.15) is 43.1 Å². The van der Waals surface area contributed by atoms with Crippen LogP contribution in [0.5, 0.6) is 5.75 Å². The van der Waals surface area contributed by atoms with E-state index in [9.17, 15) is 115 Å². The van der Waals surface area contributed by atoms with Gasteiger partial charge >= 0.3 is 80.1 Å². The van der Waals surface area contributed by atoms with Gasteiger partial charge in [-0.15, -0.1) is 0 Å². The van der Waals surface area contributed by atoms with Crippen molar-refractivity contribution in [2.24, 2.45) is 11.0 Å². The van der Waals surface area contributed by atoms with Crippen LogP contribution in [-0.4, -0.2) is 229 Å². The molecule has 12 unspecified atom stereocenters. The molecule has 119 heavy (non-hydrogen) atoms. The molecule has 1 saturated carbocycles. The highest BCUT2D eigenvalue weighted by Crippen LogP contribution is 2.75. The van der Waals surface area contributed by atoms with E-state index in [1.54, 1.807) is 0 Å². The Labute approximate surface area is 677 Å². The van der Waals surface area contributed by atoms with E-state index in [-0.39, 0.29) is 101 Å². The van der Waals surface area contributed by atoms with Gasteiger partial charge < -0.3 is 97.9 Å². The third kappa shape index (κ3) is 36.7. The molecule has 3 fully saturated rings. The van der Waals surface area contributed by atoms with Gasteiger partial charge in [-0.25, -0.2) is 50.9 Å². The van der Waals surface area contributed by atoms with Gasteiger partial charge in [-0.2, -0.15) is 26.7 Å². The summed E-state index contributed by atoms with van der Waals surface area (Å²) in [5, 5.41) is 30.6. The zero-order valence-corrected chi connectivity index (χ0v) is 71.3. The maximum Gasteiger partial charge on any atom is 0.490 e. The van der Waals surface area contributed by atoms with Gasteiger partial charge in [-0.05, 0) is 108 Å². The summed E-state index contributed by atoms with van der Waals surface area (Å²) in [7, 11) is -46.5. The first-order valence-corrected chi connectivity index (χ1v) is 48.5. The van der Waals surface area contributed by atoms with Crippen LogP contribution in [0.15, 0.2) is 72.2 Å². The average Bonchev–Trinajstić information content (AvgIpc) is 1.67. The smallest absolute Gasteiger partial charge is 0.490 e. The fourth-order valence-electron chi connectivity index (χ4n) is 11.5. The van der Waals surface area contributed by atoms with Crippen molar-refractivity contribution in [2.45, 2.75) is 147 Å². The molecule has 1 aliphatic carbocycles. The van der Waals surface area contributed by atoms with Gasteiger partial charge in [0, 0.05) is 67.5 Å². The van der Waals surface area contributed by atoms with E-state index in [4.69, 9.17) is 61.1 Å². The molecule has 676 valence electrons. The van der Waals surface area contributed by atoms with Gasteiger partial charge in [0.2, 0.25) is 5.91 Å². The van der Waals surface area contributed by atoms with Crippen molar-refractivity contribution in [3.8, 4) is 5.75 Å². The van der Waals surface area contributed by atoms with Crippen LogP contribution in [0.25, 0.3) is 0 Å². The molecule has 51 nitrogen and oxygen atoms in total. The summed E-state index contributed by atoms with van der Waals surface area (Å²) < 4.78 is 193. The number of aliphatic hydroxyl groups is 2. The van der Waals surface area contributed by atoms with E-state index in [0.29, 0.717) is 77.1 Å². The SMILES string of the molecule is CC1=C2CCC(OC(=O)NCCOP(=O)(O)OCCCOP(=O)(O)OC[C@H]3O[C@@H](n4cc(C)c(=O)[nH]c4=O)CC3O)CCCC2C(c2ccc(OCCOCCOCCOCCOCCC(=O)NCCCCCCOP(=O)(O)OP(=O)(O)OP(=O)(O)OP(=O)(O)OP(=O)(O)OP(=O)(O)OC[C@H]3O[C@@H](n4cc(C)c(=O)[nH]c4=O)CC3O)cc2)=NN1. The molecule has 2 amide bonds. The summed E-state index contributed by atoms with van der Waals surface area (Å²) in [4.78, 5) is 156. The molecule has 3 aromatic rings. The molecule has 15 N–H and O–H groups in total. The van der Waals surface area contributed by atoms with Crippen LogP contribution in [0.1, 0.15) is 120 Å². The Hall–Kier alpha value is -4.91. The van der Waals surface area contributed by atoms with Crippen LogP contribution in [0.3, 0.4) is 0 Å². The lowest BCUT2D eigenvalue weighted by Gasteiger charge is -2.32. The minimum atomic E-state index is -6.54. The number of aromatic nitrogens is 4. The number of nitrogens with zero attached hydrogens (tertiary/aromatic N) is 3. The third-order valence-electron chi connectivity index (χ3n) is 17.1. The summed E-state index contributed by atoms with van der Waals surface area (Å²) in [5.41, 5.74) is 4.24. The van der Waals surface area contributed by atoms with Crippen molar-refractivity contribution in [1.29, 1.82) is 0 Å². The maximum absolute atomic E-state index is 12.8. The van der Waals surface area contributed by atoms with Crippen LogP contribution in [0, 0.1) is 19.8 Å². The number of ether oxygens (including phenoxy) is 8. The van der Waals surface area contributed by atoms with Crippen LogP contribution in [0.4, 0.5) is 4.79 Å². The molecule has 0 radical (unpaired) electrons. The van der Waals surface area contributed by atoms with Crippen LogP contribution in [0.2, 0.25) is 0 Å². The standard InChI is InChI=1S/C60H98N8O43P8/c1-40-36-67(58(74)63-56(40)72)53-34-48(69)50(105-53)38-102-113(79,80)99-23-9-22-98-112(77,78)101-25-20-62-60(76)104-45-10-8-11-47-46(17-16-45)42(3)65-66-55(47)43-12-14-44(15-13-43)97-33-32-96-31-30-95-29-28-94-27-26-93-24-18-52(71)61-19-6-4-5-7-21-100-114(81,82)107-116(85,86)109-118(89,90)111-119(91,92)110-117(87,88)108-115(83,84)103-39-51-49(70)35-54(106-51)68-37-41(2)57(73)64-59(68)75/h12-15,36-37,45,47-51,53-54,65,69-70H,4-11,16-35,38-39H2,1-3H3,(H,61,71)(H,62,76)(H,77,78)(H,79,80)(H,81,82)(H,83,84)(H,85,86)(H,87,88)(H,89,90)(H,91,92)(H,63,72,74)(H,64,73,75)/t45?,47?,48?,49?,50-,51-,53-,54-/m1/s1. The predicted octanol–water partition coefficient (Wildman–Crippen LogP) is 3.84. The number of aromatic amines is 2. The average molecular weight is 1870 g/mol. The molecule has 0 bridgehead atoms. The fourth-order valence-corrected chi connectivity index (χ4v) is 20.9. The van der Waals surface area contributed by atoms with E-state index < -0.39 is 174 Å². The number of allylic oxidation sites excluding steroid dienone is 2. The zero-order chi connectivity index (χ0) is 87.4. The number of amides is 2. The second-order valence-electron chi connectivity index (χ2n) is 26.3. The minimum Gasteiger partial charge on any atom is -0.491 e. The summed E-state index contributed by atoms with van der Waals surface area (Å²) in [6.07, 6.45) is -2.56. The number of rotatable bonds is 54. The van der Waals surface area contributed by atoms with E-state index in [1.165, 1.54) is 20.0 Å². The number of benzene rings is 1. The number of phosphoric ester groups is 4. The van der Waals surface area contributed by atoms with Gasteiger partial charge in [-0.1, -0.05) is 12.8 Å². The number of hydrogen-bond acceptors (Lipinski definition) is 37. The Morgan fingerprint density at radius 2 is 0.950 bits per heavy atom. The van der Waals surface area contributed by atoms with E-state index in [2.05, 4.69) is 51.6 Å². The Bertz CT molecular complexity index is 4570. The van der Waals surface area contributed by atoms with E-state index >= 15 is 0 Å². The molecular weight excluding hydrogens is 1770 g/mol. The largest absolute Gasteiger partial charge is 0.491 e. The molecule has 2 saturated heterocycles. The van der Waals surface area contributed by atoms with E-state index in [1.807, 2.05) is 36.2 Å². The lowest BCUT2D eigenvalue weighted by Crippen LogP contribution is -2.34. The molecule has 1 aromatic carbocycles. The quantitative estimate of drug-likeness (QED) is 0.0282. The van der Waals surface area contributed by atoms with Crippen molar-refractivity contribution in [3.63, 3.8) is 0 Å². The molecule has 59 heteroatoms. The first-order chi connectivity index (χ1) is 55.9. The molecule has 0 spiro atoms. The number of H-pyrrole nitrogens is 2. The molecule has 5 heterocycles. The summed E-state index contributed by atoms with van der Waals surface area (Å²) in [6, 6.07) is 7.57. The second-order valence-corrected chi connectivity index (χ2v) is 38.6. The van der Waals surface area contributed by atoms with Crippen molar-refractivity contribution in [3.05, 3.63) is 106 Å². The number of unbranched alkanes of at least 4 members (excludes halogenated alkanes) is 3. The first kappa shape index (κ1) is 101. The lowest BCUT2D eigenvalue weighted by molar-refractivity contribution is -0.122. The molecule has 7 rings (SSSR count). The highest BCUT2D eigenvalue weighted by Gasteiger charge is 2.50. The molecule has 4 aliphatic rings. The number of alkyl carbamates (subject to hydrolysis) is 1. The minimum absolute atomic E-state index is 0.0182. The fraction of sp³-hybridized carbons (Fsp3) is 0.683. The monoisotopic (exact) mass is 1870 g/mol. The molecule has 2 aromatic heterocycles. The Kier molecular flexibility index (Phi) is 40.3. The van der Waals surface area contributed by atoms with Crippen molar-refractivity contribution in [2.75, 3.05) is 112 Å². The number of hydrogen-bond donors (Lipinski definition) is 15. The number of aliphatic hydroxyl groups excluding tert-OH is 2. The Morgan fingerprint density at radius 1 is 0.504 bits per heavy atom. The number of carbonyl (C=O) groups excluding carboxylic acids is 2. The highest BCUT2D eigenvalue weighted by atomic mass is 31.3. The molecule has 3 aliphatic heterocycles. The normalized spacial score (nSPS) is 23.7. The number of nitrogens with one attached hydrogen (secondary N) is 5. The van der Waals surface area contributed by atoms with Gasteiger partial charge in [0.25, 0.3) is 11.1 Å². The zero-order valence-electron chi connectivity index (χ0n) is 64.2. The molecular formula is C60H98N8O43P8. The van der Waals surface area contributed by atoms with Crippen molar-refractivity contribution >= 4 is 80.3 Å². The van der Waals surface area contributed by atoms with Crippen LogP contribution < -0.4 is 43.3 Å². The number of hydrazone groups is 1. The number of carbonyl (C=O) groups is 2. The second kappa shape index (κ2) is 47.4. The van der Waals surface area contributed by atoms with Gasteiger partial charge in [0.15, 0.2) is 0 Å². The maximum atomic E-state index is 12.8. The van der Waals surface area contributed by atoms with Crippen molar-refractivity contribution in [1.82, 2.24) is 35.2 Å². The number of fused-ring (bicyclic) bond motifs is 1. The summed E-state index contributed by atoms with van der Waals surface area (Å²) in [5.74, 6) is 0.339. The van der Waals surface area contributed by atoms with Crippen LogP contribution in [-0.2, 0) is 123 Å². The molecule has 16 atom stereocenters. The summed E-state index contributed by atoms with van der Waals surface area (Å²) in [6.45, 7) is 3.50. The van der Waals surface area contributed by atoms with Gasteiger partial charge in [-0.3, -0.25) is 66.1 Å². The third-order valence-corrected chi connectivity index (χ3v) is 28.3. The predicted molar refractivity (Wildman–Crippen MR) is 404 cm³/mol.